The fourth-order valence-corrected chi connectivity index (χ4v) is 4.30. The molecule has 13 heteroatoms. The maximum Gasteiger partial charge on any atom is 0.329 e. The van der Waals surface area contributed by atoms with E-state index in [0.717, 1.165) is 5.56 Å². The van der Waals surface area contributed by atoms with Crippen LogP contribution in [0.25, 0.3) is 5.69 Å². The molecule has 3 N–H and O–H groups in total. The first-order chi connectivity index (χ1) is 16.4. The van der Waals surface area contributed by atoms with Crippen molar-refractivity contribution in [3.05, 3.63) is 41.2 Å². The molecule has 0 radical (unpaired) electrons. The molecule has 4 heterocycles. The Balaban J connectivity index is 1.32. The van der Waals surface area contributed by atoms with Gasteiger partial charge in [0.1, 0.15) is 12.1 Å². The Bertz CT molecular complexity index is 1220. The van der Waals surface area contributed by atoms with Crippen LogP contribution in [-0.4, -0.2) is 79.9 Å². The molecular formula is C21H20N6O7. The molecule has 3 atom stereocenters. The van der Waals surface area contributed by atoms with Gasteiger partial charge < -0.3 is 20.1 Å². The second kappa shape index (κ2) is 8.33. The number of nitrogens with zero attached hydrogens (tertiary/aromatic N) is 4. The maximum absolute atomic E-state index is 13.0. The monoisotopic (exact) mass is 468 g/mol. The second-order valence-corrected chi connectivity index (χ2v) is 8.31. The highest BCUT2D eigenvalue weighted by molar-refractivity contribution is 6.05. The zero-order chi connectivity index (χ0) is 24.0. The number of fused-ring (bicyclic) bond motifs is 1. The number of carbonyl (C=O) groups excluding carboxylic acids is 5. The van der Waals surface area contributed by atoms with E-state index >= 15 is 0 Å². The summed E-state index contributed by atoms with van der Waals surface area (Å²) in [7, 11) is 0. The van der Waals surface area contributed by atoms with E-state index in [4.69, 9.17) is 4.74 Å². The molecule has 3 aliphatic heterocycles. The summed E-state index contributed by atoms with van der Waals surface area (Å²) in [5.41, 5.74) is 1.53. The maximum atomic E-state index is 13.0. The molecule has 1 aromatic heterocycles. The van der Waals surface area contributed by atoms with Crippen LogP contribution in [0.4, 0.5) is 0 Å². The summed E-state index contributed by atoms with van der Waals surface area (Å²) >= 11 is 0. The van der Waals surface area contributed by atoms with E-state index in [2.05, 4.69) is 20.9 Å². The van der Waals surface area contributed by atoms with Crippen LogP contribution in [0.5, 0.6) is 0 Å². The van der Waals surface area contributed by atoms with Gasteiger partial charge in [0.05, 0.1) is 25.1 Å². The highest BCUT2D eigenvalue weighted by atomic mass is 16.5. The lowest BCUT2D eigenvalue weighted by atomic mass is 10.0. The summed E-state index contributed by atoms with van der Waals surface area (Å²) in [6, 6.07) is 3.34. The molecule has 2 saturated heterocycles. The van der Waals surface area contributed by atoms with E-state index in [0.29, 0.717) is 11.3 Å². The number of amides is 4. The van der Waals surface area contributed by atoms with Crippen molar-refractivity contribution < 1.29 is 33.8 Å². The second-order valence-electron chi connectivity index (χ2n) is 8.31. The van der Waals surface area contributed by atoms with Gasteiger partial charge in [0, 0.05) is 24.4 Å². The van der Waals surface area contributed by atoms with Crippen molar-refractivity contribution >= 4 is 29.6 Å². The molecule has 176 valence electrons. The largest absolute Gasteiger partial charge is 0.464 e. The van der Waals surface area contributed by atoms with Gasteiger partial charge in [-0.05, 0) is 24.1 Å². The lowest BCUT2D eigenvalue weighted by Crippen LogP contribution is -2.52. The average molecular weight is 468 g/mol. The minimum atomic E-state index is -0.974. The van der Waals surface area contributed by atoms with E-state index < -0.39 is 35.8 Å². The van der Waals surface area contributed by atoms with Crippen molar-refractivity contribution in [2.24, 2.45) is 5.92 Å². The summed E-state index contributed by atoms with van der Waals surface area (Å²) in [6.07, 6.45) is 1.79. The van der Waals surface area contributed by atoms with Crippen LogP contribution in [0.3, 0.4) is 0 Å². The molecule has 2 fully saturated rings. The molecule has 4 amide bonds. The van der Waals surface area contributed by atoms with Gasteiger partial charge in [0.15, 0.2) is 5.69 Å². The first-order valence-electron chi connectivity index (χ1n) is 10.6. The number of hydrogen-bond donors (Lipinski definition) is 3. The number of imide groups is 1. The molecule has 1 aromatic carbocycles. The predicted octanol–water partition coefficient (Wildman–Crippen LogP) is -1.71. The number of piperidine rings is 1. The SMILES string of the molecule is O=C1CCC(N2Cc3ccc(-n4cc(C(=O)N[C@H]5C(=O)OC[C@H]5CO)nn4)cc3C2=O)C(=O)N1. The molecule has 13 nitrogen and oxygen atoms in total. The third kappa shape index (κ3) is 3.69. The van der Waals surface area contributed by atoms with Gasteiger partial charge in [0.25, 0.3) is 11.8 Å². The van der Waals surface area contributed by atoms with E-state index in [1.54, 1.807) is 18.2 Å². The van der Waals surface area contributed by atoms with Crippen molar-refractivity contribution in [3.8, 4) is 5.69 Å². The Labute approximate surface area is 192 Å². The van der Waals surface area contributed by atoms with Crippen molar-refractivity contribution in [3.63, 3.8) is 0 Å². The number of benzene rings is 1. The number of esters is 1. The van der Waals surface area contributed by atoms with Gasteiger partial charge in [-0.25, -0.2) is 9.48 Å². The molecule has 0 spiro atoms. The van der Waals surface area contributed by atoms with Crippen molar-refractivity contribution in [1.29, 1.82) is 0 Å². The number of aromatic nitrogens is 3. The molecule has 34 heavy (non-hydrogen) atoms. The number of hydrogen-bond acceptors (Lipinski definition) is 9. The molecule has 0 bridgehead atoms. The normalized spacial score (nSPS) is 24.1. The Morgan fingerprint density at radius 3 is 2.85 bits per heavy atom. The number of aliphatic hydroxyl groups is 1. The number of ether oxygens (including phenoxy) is 1. The fraction of sp³-hybridized carbons (Fsp3) is 0.381. The van der Waals surface area contributed by atoms with Crippen molar-refractivity contribution in [2.45, 2.75) is 31.5 Å². The van der Waals surface area contributed by atoms with Gasteiger partial charge >= 0.3 is 5.97 Å². The molecular weight excluding hydrogens is 448 g/mol. The zero-order valence-electron chi connectivity index (χ0n) is 17.8. The molecule has 0 aliphatic carbocycles. The zero-order valence-corrected chi connectivity index (χ0v) is 17.8. The standard InChI is InChI=1S/C21H20N6O7/c28-8-11-9-34-21(33)17(11)23-18(30)14-7-27(25-24-14)12-2-1-10-6-26(20(32)13(10)5-12)15-3-4-16(29)22-19(15)31/h1-2,5,7,11,15,17,28H,3-4,6,8-9H2,(H,23,30)(H,22,29,31)/t11-,15?,17-/m1/s1. The minimum absolute atomic E-state index is 0.0198. The number of aliphatic hydroxyl groups excluding tert-OH is 1. The van der Waals surface area contributed by atoms with Gasteiger partial charge in [-0.2, -0.15) is 0 Å². The van der Waals surface area contributed by atoms with Crippen LogP contribution in [-0.2, 0) is 25.7 Å². The Morgan fingerprint density at radius 1 is 1.26 bits per heavy atom. The third-order valence-corrected chi connectivity index (χ3v) is 6.19. The summed E-state index contributed by atoms with van der Waals surface area (Å²) in [4.78, 5) is 62.4. The summed E-state index contributed by atoms with van der Waals surface area (Å²) in [5, 5.41) is 21.9. The molecule has 0 saturated carbocycles. The summed E-state index contributed by atoms with van der Waals surface area (Å²) < 4.78 is 6.18. The Kier molecular flexibility index (Phi) is 5.32. The van der Waals surface area contributed by atoms with Crippen LogP contribution in [0.15, 0.2) is 24.4 Å². The van der Waals surface area contributed by atoms with Gasteiger partial charge in [-0.3, -0.25) is 24.5 Å². The van der Waals surface area contributed by atoms with E-state index in [-0.39, 0.29) is 50.1 Å². The van der Waals surface area contributed by atoms with E-state index in [1.807, 2.05) is 0 Å². The van der Waals surface area contributed by atoms with Crippen LogP contribution in [0.2, 0.25) is 0 Å². The molecule has 3 aliphatic rings. The van der Waals surface area contributed by atoms with Crippen LogP contribution in [0.1, 0.15) is 39.3 Å². The Hall–Kier alpha value is -4.13. The van der Waals surface area contributed by atoms with Crippen LogP contribution < -0.4 is 10.6 Å². The number of carbonyl (C=O) groups is 5. The predicted molar refractivity (Wildman–Crippen MR) is 110 cm³/mol. The van der Waals surface area contributed by atoms with E-state index in [1.165, 1.54) is 15.8 Å². The highest BCUT2D eigenvalue weighted by Crippen LogP contribution is 2.29. The van der Waals surface area contributed by atoms with Crippen molar-refractivity contribution in [2.75, 3.05) is 13.2 Å². The van der Waals surface area contributed by atoms with Crippen LogP contribution >= 0.6 is 0 Å². The smallest absolute Gasteiger partial charge is 0.329 e. The first kappa shape index (κ1) is 21.7. The molecule has 1 unspecified atom stereocenters. The third-order valence-electron chi connectivity index (χ3n) is 6.19. The highest BCUT2D eigenvalue weighted by Gasteiger charge is 2.40. The molecule has 2 aromatic rings. The first-order valence-corrected chi connectivity index (χ1v) is 10.6. The van der Waals surface area contributed by atoms with Crippen LogP contribution in [0, 0.1) is 5.92 Å². The number of nitrogens with one attached hydrogen (secondary N) is 2. The average Bonchev–Trinajstić information content (AvgIpc) is 3.52. The molecule has 5 rings (SSSR count). The van der Waals surface area contributed by atoms with Gasteiger partial charge in [-0.15, -0.1) is 5.10 Å². The Morgan fingerprint density at radius 2 is 2.09 bits per heavy atom. The summed E-state index contributed by atoms with van der Waals surface area (Å²) in [6.45, 7) is -0.0520. The minimum Gasteiger partial charge on any atom is -0.464 e. The number of rotatable bonds is 5. The topological polar surface area (TPSA) is 173 Å². The quantitative estimate of drug-likeness (QED) is 0.341. The van der Waals surface area contributed by atoms with Crippen molar-refractivity contribution in [1.82, 2.24) is 30.5 Å². The lowest BCUT2D eigenvalue weighted by Gasteiger charge is -2.29. The van der Waals surface area contributed by atoms with Gasteiger partial charge in [0.2, 0.25) is 11.8 Å². The summed E-state index contributed by atoms with van der Waals surface area (Å²) in [5.74, 6) is -3.00. The van der Waals surface area contributed by atoms with E-state index in [9.17, 15) is 29.1 Å². The number of cyclic esters (lactones) is 1. The lowest BCUT2D eigenvalue weighted by molar-refractivity contribution is -0.139. The van der Waals surface area contributed by atoms with Gasteiger partial charge in [-0.1, -0.05) is 11.3 Å². The fourth-order valence-electron chi connectivity index (χ4n) is 4.30.